The summed E-state index contributed by atoms with van der Waals surface area (Å²) in [6, 6.07) is 6.13. The van der Waals surface area contributed by atoms with Crippen molar-refractivity contribution in [1.29, 1.82) is 0 Å². The predicted octanol–water partition coefficient (Wildman–Crippen LogP) is 2.00. The van der Waals surface area contributed by atoms with E-state index in [0.29, 0.717) is 0 Å². The molecule has 21 heavy (non-hydrogen) atoms. The Kier molecular flexibility index (Phi) is 4.10. The molecule has 0 bridgehead atoms. The minimum atomic E-state index is 0.257. The highest BCUT2D eigenvalue weighted by Crippen LogP contribution is 2.34. The third kappa shape index (κ3) is 3.19. The predicted molar refractivity (Wildman–Crippen MR) is 80.7 cm³/mol. The quantitative estimate of drug-likeness (QED) is 0.826. The van der Waals surface area contributed by atoms with Gasteiger partial charge in [-0.05, 0) is 25.1 Å². The molecule has 0 spiro atoms. The van der Waals surface area contributed by atoms with Crippen LogP contribution in [0.3, 0.4) is 0 Å². The Hall–Kier alpha value is -2.01. The molecular formula is C16H21N3O2. The number of hydrogen-bond donors (Lipinski definition) is 1. The Labute approximate surface area is 124 Å². The molecule has 5 heteroatoms. The summed E-state index contributed by atoms with van der Waals surface area (Å²) < 4.78 is 13.2. The largest absolute Gasteiger partial charge is 0.496 e. The molecule has 1 aliphatic heterocycles. The monoisotopic (exact) mass is 287 g/mol. The van der Waals surface area contributed by atoms with E-state index in [1.54, 1.807) is 13.3 Å². The highest BCUT2D eigenvalue weighted by Gasteiger charge is 2.21. The SMILES string of the molecule is COc1cc2c(cc1CNCCn1cccn1)OC(C)C2. The fourth-order valence-electron chi connectivity index (χ4n) is 2.66. The Bertz CT molecular complexity index is 596. The van der Waals surface area contributed by atoms with Gasteiger partial charge in [0.2, 0.25) is 0 Å². The number of rotatable bonds is 6. The van der Waals surface area contributed by atoms with Crippen molar-refractivity contribution in [1.82, 2.24) is 15.1 Å². The van der Waals surface area contributed by atoms with Crippen molar-refractivity contribution >= 4 is 0 Å². The normalized spacial score (nSPS) is 16.6. The molecule has 2 aromatic rings. The van der Waals surface area contributed by atoms with Gasteiger partial charge in [-0.15, -0.1) is 0 Å². The number of nitrogens with zero attached hydrogens (tertiary/aromatic N) is 2. The van der Waals surface area contributed by atoms with Crippen LogP contribution in [0.2, 0.25) is 0 Å². The molecule has 0 aliphatic carbocycles. The first-order valence-electron chi connectivity index (χ1n) is 7.31. The Morgan fingerprint density at radius 1 is 1.48 bits per heavy atom. The standard InChI is InChI=1S/C16H21N3O2/c1-12-8-13-9-15(20-2)14(10-16(13)21-12)11-17-5-7-19-6-3-4-18-19/h3-4,6,9-10,12,17H,5,7-8,11H2,1-2H3. The summed E-state index contributed by atoms with van der Waals surface area (Å²) in [6.07, 6.45) is 4.97. The summed E-state index contributed by atoms with van der Waals surface area (Å²) >= 11 is 0. The second kappa shape index (κ2) is 6.18. The number of methoxy groups -OCH3 is 1. The third-order valence-electron chi connectivity index (χ3n) is 3.69. The van der Waals surface area contributed by atoms with Gasteiger partial charge in [0.1, 0.15) is 17.6 Å². The molecule has 1 aliphatic rings. The first-order chi connectivity index (χ1) is 10.3. The van der Waals surface area contributed by atoms with Crippen molar-refractivity contribution in [3.05, 3.63) is 41.7 Å². The number of hydrogen-bond acceptors (Lipinski definition) is 4. The molecule has 112 valence electrons. The molecule has 0 amide bonds. The van der Waals surface area contributed by atoms with Crippen molar-refractivity contribution in [3.8, 4) is 11.5 Å². The molecule has 1 aromatic heterocycles. The van der Waals surface area contributed by atoms with Crippen LogP contribution in [0.4, 0.5) is 0 Å². The number of ether oxygens (including phenoxy) is 2. The molecule has 1 atom stereocenters. The van der Waals surface area contributed by atoms with Gasteiger partial charge in [0.15, 0.2) is 0 Å². The number of nitrogens with one attached hydrogen (secondary N) is 1. The van der Waals surface area contributed by atoms with Crippen LogP contribution in [-0.2, 0) is 19.5 Å². The smallest absolute Gasteiger partial charge is 0.123 e. The van der Waals surface area contributed by atoms with Gasteiger partial charge in [0, 0.05) is 43.0 Å². The van der Waals surface area contributed by atoms with E-state index in [1.165, 1.54) is 5.56 Å². The van der Waals surface area contributed by atoms with Crippen molar-refractivity contribution in [2.45, 2.75) is 32.5 Å². The summed E-state index contributed by atoms with van der Waals surface area (Å²) in [6.45, 7) is 4.57. The van der Waals surface area contributed by atoms with Crippen LogP contribution < -0.4 is 14.8 Å². The van der Waals surface area contributed by atoms with E-state index in [1.807, 2.05) is 16.9 Å². The molecule has 1 N–H and O–H groups in total. The highest BCUT2D eigenvalue weighted by molar-refractivity contribution is 5.48. The van der Waals surface area contributed by atoms with Crippen LogP contribution in [0.25, 0.3) is 0 Å². The molecule has 1 aromatic carbocycles. The van der Waals surface area contributed by atoms with Gasteiger partial charge >= 0.3 is 0 Å². The van der Waals surface area contributed by atoms with Gasteiger partial charge in [0.25, 0.3) is 0 Å². The Balaban J connectivity index is 1.61. The Morgan fingerprint density at radius 3 is 3.14 bits per heavy atom. The van der Waals surface area contributed by atoms with Gasteiger partial charge in [-0.1, -0.05) is 0 Å². The summed E-state index contributed by atoms with van der Waals surface area (Å²) in [7, 11) is 1.72. The molecule has 1 unspecified atom stereocenters. The van der Waals surface area contributed by atoms with Gasteiger partial charge < -0.3 is 14.8 Å². The maximum Gasteiger partial charge on any atom is 0.123 e. The molecular weight excluding hydrogens is 266 g/mol. The molecule has 0 radical (unpaired) electrons. The highest BCUT2D eigenvalue weighted by atomic mass is 16.5. The van der Waals surface area contributed by atoms with E-state index < -0.39 is 0 Å². The first kappa shape index (κ1) is 13.9. The zero-order valence-corrected chi connectivity index (χ0v) is 12.5. The van der Waals surface area contributed by atoms with Crippen LogP contribution in [-0.4, -0.2) is 29.5 Å². The molecule has 2 heterocycles. The number of aromatic nitrogens is 2. The van der Waals surface area contributed by atoms with Gasteiger partial charge in [0.05, 0.1) is 13.7 Å². The zero-order chi connectivity index (χ0) is 14.7. The van der Waals surface area contributed by atoms with Crippen molar-refractivity contribution in [2.24, 2.45) is 0 Å². The van der Waals surface area contributed by atoms with Crippen LogP contribution in [0.5, 0.6) is 11.5 Å². The maximum atomic E-state index is 5.81. The van der Waals surface area contributed by atoms with Crippen LogP contribution in [0, 0.1) is 0 Å². The summed E-state index contributed by atoms with van der Waals surface area (Å²) in [5, 5.41) is 7.60. The number of benzene rings is 1. The summed E-state index contributed by atoms with van der Waals surface area (Å²) in [4.78, 5) is 0. The lowest BCUT2D eigenvalue weighted by Gasteiger charge is -2.12. The first-order valence-corrected chi connectivity index (χ1v) is 7.31. The van der Waals surface area contributed by atoms with Gasteiger partial charge in [-0.2, -0.15) is 5.10 Å². The molecule has 0 saturated heterocycles. The number of fused-ring (bicyclic) bond motifs is 1. The molecule has 5 nitrogen and oxygen atoms in total. The van der Waals surface area contributed by atoms with Gasteiger partial charge in [-0.25, -0.2) is 0 Å². The van der Waals surface area contributed by atoms with E-state index in [0.717, 1.165) is 43.1 Å². The minimum absolute atomic E-state index is 0.257. The van der Waals surface area contributed by atoms with Crippen molar-refractivity contribution in [3.63, 3.8) is 0 Å². The van der Waals surface area contributed by atoms with E-state index in [9.17, 15) is 0 Å². The Morgan fingerprint density at radius 2 is 2.38 bits per heavy atom. The van der Waals surface area contributed by atoms with Crippen LogP contribution in [0.1, 0.15) is 18.1 Å². The molecule has 3 rings (SSSR count). The lowest BCUT2D eigenvalue weighted by Crippen LogP contribution is -2.20. The van der Waals surface area contributed by atoms with E-state index in [-0.39, 0.29) is 6.10 Å². The van der Waals surface area contributed by atoms with Gasteiger partial charge in [-0.3, -0.25) is 4.68 Å². The van der Waals surface area contributed by atoms with E-state index in [2.05, 4.69) is 29.5 Å². The molecule has 0 saturated carbocycles. The van der Waals surface area contributed by atoms with E-state index in [4.69, 9.17) is 9.47 Å². The second-order valence-electron chi connectivity index (χ2n) is 5.35. The summed E-state index contributed by atoms with van der Waals surface area (Å²) in [5.74, 6) is 1.92. The third-order valence-corrected chi connectivity index (χ3v) is 3.69. The topological polar surface area (TPSA) is 48.3 Å². The molecule has 0 fully saturated rings. The second-order valence-corrected chi connectivity index (χ2v) is 5.35. The average molecular weight is 287 g/mol. The van der Waals surface area contributed by atoms with Crippen molar-refractivity contribution in [2.75, 3.05) is 13.7 Å². The van der Waals surface area contributed by atoms with Crippen LogP contribution in [0.15, 0.2) is 30.6 Å². The minimum Gasteiger partial charge on any atom is -0.496 e. The fraction of sp³-hybridized carbons (Fsp3) is 0.438. The average Bonchev–Trinajstić information content (AvgIpc) is 3.10. The van der Waals surface area contributed by atoms with Crippen LogP contribution >= 0.6 is 0 Å². The fourth-order valence-corrected chi connectivity index (χ4v) is 2.66. The van der Waals surface area contributed by atoms with Crippen molar-refractivity contribution < 1.29 is 9.47 Å². The maximum absolute atomic E-state index is 5.81. The van der Waals surface area contributed by atoms with E-state index >= 15 is 0 Å². The lowest BCUT2D eigenvalue weighted by atomic mass is 10.1. The zero-order valence-electron chi connectivity index (χ0n) is 12.5. The summed E-state index contributed by atoms with van der Waals surface area (Å²) in [5.41, 5.74) is 2.37. The lowest BCUT2D eigenvalue weighted by molar-refractivity contribution is 0.254.